The van der Waals surface area contributed by atoms with Crippen LogP contribution in [0.3, 0.4) is 0 Å². The largest absolute Gasteiger partial charge is 0.393 e. The zero-order chi connectivity index (χ0) is 23.5. The molecule has 4 saturated carbocycles. The van der Waals surface area contributed by atoms with Gasteiger partial charge in [0, 0.05) is 5.41 Å². The van der Waals surface area contributed by atoms with Crippen molar-refractivity contribution in [2.24, 2.45) is 56.7 Å². The quantitative estimate of drug-likeness (QED) is 0.397. The molecule has 182 valence electrons. The lowest BCUT2D eigenvalue weighted by atomic mass is 9.33. The molecule has 0 amide bonds. The second-order valence-electron chi connectivity index (χ2n) is 14.7. The molecule has 0 spiro atoms. The van der Waals surface area contributed by atoms with Crippen LogP contribution in [0.1, 0.15) is 107 Å². The zero-order valence-corrected chi connectivity index (χ0v) is 22.2. The molecule has 0 aliphatic heterocycles. The highest BCUT2D eigenvalue weighted by Crippen LogP contribution is 2.75. The summed E-state index contributed by atoms with van der Waals surface area (Å²) in [5.74, 6) is 3.13. The summed E-state index contributed by atoms with van der Waals surface area (Å²) in [6, 6.07) is 0. The molecule has 0 heterocycles. The van der Waals surface area contributed by atoms with Crippen LogP contribution >= 0.6 is 0 Å². The van der Waals surface area contributed by atoms with Crippen LogP contribution in [0.4, 0.5) is 0 Å². The first-order valence-corrected chi connectivity index (χ1v) is 13.8. The van der Waals surface area contributed by atoms with Gasteiger partial charge in [-0.3, -0.25) is 0 Å². The lowest BCUT2D eigenvalue weighted by molar-refractivity contribution is -0.215. The Bertz CT molecular complexity index is 814. The van der Waals surface area contributed by atoms with Gasteiger partial charge in [-0.1, -0.05) is 67.0 Å². The Morgan fingerprint density at radius 3 is 2.12 bits per heavy atom. The van der Waals surface area contributed by atoms with Gasteiger partial charge in [0.25, 0.3) is 0 Å². The molecule has 2 nitrogen and oxygen atoms in total. The molecule has 0 radical (unpaired) electrons. The highest BCUT2D eigenvalue weighted by molar-refractivity contribution is 5.35. The first-order chi connectivity index (χ1) is 14.7. The highest BCUT2D eigenvalue weighted by Gasteiger charge is 2.69. The number of aliphatic hydroxyl groups is 2. The molecule has 0 saturated heterocycles. The van der Waals surface area contributed by atoms with Crippen molar-refractivity contribution in [2.45, 2.75) is 119 Å². The smallest absolute Gasteiger partial charge is 0.0608 e. The zero-order valence-electron chi connectivity index (χ0n) is 22.2. The molecule has 5 rings (SSSR count). The van der Waals surface area contributed by atoms with E-state index in [-0.39, 0.29) is 39.3 Å². The van der Waals surface area contributed by atoms with Crippen LogP contribution < -0.4 is 0 Å². The van der Waals surface area contributed by atoms with E-state index in [2.05, 4.69) is 61.5 Å². The summed E-state index contributed by atoms with van der Waals surface area (Å²) in [5.41, 5.74) is 2.34. The molecule has 2 heteroatoms. The van der Waals surface area contributed by atoms with Crippen molar-refractivity contribution < 1.29 is 10.2 Å². The van der Waals surface area contributed by atoms with Crippen molar-refractivity contribution in [2.75, 3.05) is 0 Å². The van der Waals surface area contributed by atoms with Crippen LogP contribution in [-0.2, 0) is 0 Å². The molecule has 32 heavy (non-hydrogen) atoms. The normalized spacial score (nSPS) is 59.2. The van der Waals surface area contributed by atoms with Crippen molar-refractivity contribution in [1.29, 1.82) is 0 Å². The van der Waals surface area contributed by atoms with Gasteiger partial charge in [-0.2, -0.15) is 0 Å². The van der Waals surface area contributed by atoms with Crippen LogP contribution in [0.15, 0.2) is 11.6 Å². The van der Waals surface area contributed by atoms with E-state index in [0.29, 0.717) is 23.7 Å². The van der Waals surface area contributed by atoms with Gasteiger partial charge in [0.05, 0.1) is 12.2 Å². The first kappa shape index (κ1) is 23.4. The Morgan fingerprint density at radius 2 is 1.44 bits per heavy atom. The van der Waals surface area contributed by atoms with E-state index in [0.717, 1.165) is 25.2 Å². The lowest BCUT2D eigenvalue weighted by Crippen LogP contribution is -2.66. The molecular weight excluding hydrogens is 392 g/mol. The van der Waals surface area contributed by atoms with Gasteiger partial charge in [0.2, 0.25) is 0 Å². The molecule has 5 aliphatic carbocycles. The van der Waals surface area contributed by atoms with E-state index in [4.69, 9.17) is 0 Å². The van der Waals surface area contributed by atoms with E-state index in [1.54, 1.807) is 5.57 Å². The minimum atomic E-state index is -0.199. The van der Waals surface area contributed by atoms with Crippen molar-refractivity contribution >= 4 is 0 Å². The SMILES string of the molecule is CC1CCC2(C)C(O)CC3(C)C(=CCC4C5(C)CCC(O)C(C)(C)C5CCC43C)C2C1C. The monoisotopic (exact) mass is 442 g/mol. The average molecular weight is 443 g/mol. The third kappa shape index (κ3) is 2.61. The Hall–Kier alpha value is -0.340. The maximum absolute atomic E-state index is 11.7. The highest BCUT2D eigenvalue weighted by atomic mass is 16.3. The summed E-state index contributed by atoms with van der Waals surface area (Å²) in [7, 11) is 0. The Balaban J connectivity index is 1.61. The molecule has 11 atom stereocenters. The summed E-state index contributed by atoms with van der Waals surface area (Å²) in [5, 5.41) is 22.6. The van der Waals surface area contributed by atoms with Gasteiger partial charge in [0.15, 0.2) is 0 Å². The van der Waals surface area contributed by atoms with Crippen LogP contribution in [0.2, 0.25) is 0 Å². The number of fused-ring (bicyclic) bond motifs is 7. The molecule has 11 unspecified atom stereocenters. The van der Waals surface area contributed by atoms with Crippen molar-refractivity contribution in [3.63, 3.8) is 0 Å². The van der Waals surface area contributed by atoms with Crippen LogP contribution in [-0.4, -0.2) is 22.4 Å². The third-order valence-corrected chi connectivity index (χ3v) is 13.5. The fourth-order valence-electron chi connectivity index (χ4n) is 10.9. The van der Waals surface area contributed by atoms with Crippen LogP contribution in [0.5, 0.6) is 0 Å². The molecule has 2 N–H and O–H groups in total. The first-order valence-electron chi connectivity index (χ1n) is 13.8. The standard InChI is InChI=1S/C30H50O2/c1-18-11-14-28(6)24(32)17-30(8)20(25(28)19(18)2)9-10-22-27(5)15-13-23(31)26(3,4)21(27)12-16-29(22,30)7/h9,18-19,21-25,31-32H,10-17H2,1-8H3. The van der Waals surface area contributed by atoms with E-state index in [1.807, 2.05) is 0 Å². The van der Waals surface area contributed by atoms with Gasteiger partial charge in [-0.05, 0) is 103 Å². The molecule has 4 fully saturated rings. The van der Waals surface area contributed by atoms with E-state index < -0.39 is 0 Å². The summed E-state index contributed by atoms with van der Waals surface area (Å²) in [6.45, 7) is 19.7. The number of rotatable bonds is 0. The molecule has 0 bridgehead atoms. The fraction of sp³-hybridized carbons (Fsp3) is 0.933. The predicted octanol–water partition coefficient (Wildman–Crippen LogP) is 7.00. The van der Waals surface area contributed by atoms with Crippen LogP contribution in [0, 0.1) is 56.7 Å². The van der Waals surface area contributed by atoms with Gasteiger partial charge in [-0.15, -0.1) is 0 Å². The Labute approximate surface area is 197 Å². The number of allylic oxidation sites excluding steroid dienone is 2. The molecule has 5 aliphatic rings. The summed E-state index contributed by atoms with van der Waals surface area (Å²) >= 11 is 0. The number of hydrogen-bond donors (Lipinski definition) is 2. The molecule has 0 aromatic heterocycles. The van der Waals surface area contributed by atoms with Gasteiger partial charge < -0.3 is 10.2 Å². The van der Waals surface area contributed by atoms with Crippen molar-refractivity contribution in [1.82, 2.24) is 0 Å². The fourth-order valence-corrected chi connectivity index (χ4v) is 10.9. The second-order valence-corrected chi connectivity index (χ2v) is 14.7. The minimum absolute atomic E-state index is 0.00278. The number of hydrogen-bond acceptors (Lipinski definition) is 2. The summed E-state index contributed by atoms with van der Waals surface area (Å²) in [4.78, 5) is 0. The maximum Gasteiger partial charge on any atom is 0.0608 e. The van der Waals surface area contributed by atoms with E-state index >= 15 is 0 Å². The van der Waals surface area contributed by atoms with Crippen molar-refractivity contribution in [3.8, 4) is 0 Å². The average Bonchev–Trinajstić information content (AvgIpc) is 2.70. The topological polar surface area (TPSA) is 40.5 Å². The predicted molar refractivity (Wildman–Crippen MR) is 132 cm³/mol. The summed E-state index contributed by atoms with van der Waals surface area (Å²) < 4.78 is 0. The minimum Gasteiger partial charge on any atom is -0.393 e. The Kier molecular flexibility index (Phi) is 5.02. The van der Waals surface area contributed by atoms with Gasteiger partial charge >= 0.3 is 0 Å². The van der Waals surface area contributed by atoms with Gasteiger partial charge in [0.1, 0.15) is 0 Å². The number of aliphatic hydroxyl groups excluding tert-OH is 2. The molecule has 0 aromatic rings. The van der Waals surface area contributed by atoms with Gasteiger partial charge in [-0.25, -0.2) is 0 Å². The van der Waals surface area contributed by atoms with E-state index in [9.17, 15) is 10.2 Å². The van der Waals surface area contributed by atoms with Crippen LogP contribution in [0.25, 0.3) is 0 Å². The lowest BCUT2D eigenvalue weighted by Gasteiger charge is -2.72. The second kappa shape index (κ2) is 6.87. The maximum atomic E-state index is 11.7. The third-order valence-electron chi connectivity index (χ3n) is 13.5. The van der Waals surface area contributed by atoms with E-state index in [1.165, 1.54) is 32.1 Å². The molecular formula is C30H50O2. The van der Waals surface area contributed by atoms with Crippen molar-refractivity contribution in [3.05, 3.63) is 11.6 Å². The molecule has 0 aromatic carbocycles. The summed E-state index contributed by atoms with van der Waals surface area (Å²) in [6.07, 6.45) is 11.4. The Morgan fingerprint density at radius 1 is 0.781 bits per heavy atom.